The Bertz CT molecular complexity index is 994. The van der Waals surface area contributed by atoms with Gasteiger partial charge in [-0.15, -0.1) is 0 Å². The third-order valence-corrected chi connectivity index (χ3v) is 6.06. The number of ketones is 1. The maximum atomic E-state index is 14.4. The van der Waals surface area contributed by atoms with Crippen LogP contribution in [-0.2, 0) is 19.7 Å². The molecule has 6 heteroatoms. The largest absolute Gasteiger partial charge is 0.457 e. The smallest absolute Gasteiger partial charge is 0.317 e. The number of carbonyl (C=O) groups excluding carboxylic acids is 3. The van der Waals surface area contributed by atoms with Gasteiger partial charge >= 0.3 is 5.97 Å². The van der Waals surface area contributed by atoms with Gasteiger partial charge in [0.05, 0.1) is 11.3 Å². The number of hydrogen-bond donors (Lipinski definition) is 1. The van der Waals surface area contributed by atoms with Crippen LogP contribution in [0.5, 0.6) is 0 Å². The van der Waals surface area contributed by atoms with E-state index in [0.717, 1.165) is 18.4 Å². The van der Waals surface area contributed by atoms with Crippen LogP contribution in [0.2, 0.25) is 0 Å². The van der Waals surface area contributed by atoms with E-state index in [1.54, 1.807) is 43.3 Å². The number of rotatable bonds is 5. The third kappa shape index (κ3) is 3.33. The summed E-state index contributed by atoms with van der Waals surface area (Å²) in [5.41, 5.74) is 1.14. The van der Waals surface area contributed by atoms with Gasteiger partial charge in [-0.25, -0.2) is 4.39 Å². The molecule has 1 heterocycles. The number of anilines is 1. The summed E-state index contributed by atoms with van der Waals surface area (Å²) in [5, 5.41) is 2.76. The van der Waals surface area contributed by atoms with Crippen molar-refractivity contribution < 1.29 is 23.5 Å². The monoisotopic (exact) mass is 395 g/mol. The lowest BCUT2D eigenvalue weighted by Crippen LogP contribution is -2.36. The summed E-state index contributed by atoms with van der Waals surface area (Å²) in [7, 11) is 0. The second kappa shape index (κ2) is 7.43. The van der Waals surface area contributed by atoms with Gasteiger partial charge in [0.15, 0.2) is 12.4 Å². The summed E-state index contributed by atoms with van der Waals surface area (Å²) in [6, 6.07) is 11.2. The molecule has 2 aromatic carbocycles. The van der Waals surface area contributed by atoms with E-state index < -0.39 is 23.8 Å². The van der Waals surface area contributed by atoms with Crippen molar-refractivity contribution in [2.75, 3.05) is 11.9 Å². The number of fused-ring (bicyclic) bond motifs is 1. The van der Waals surface area contributed by atoms with Gasteiger partial charge in [-0.2, -0.15) is 0 Å². The molecule has 1 saturated carbocycles. The quantitative estimate of drug-likeness (QED) is 0.611. The van der Waals surface area contributed by atoms with Crippen molar-refractivity contribution >= 4 is 23.3 Å². The molecular weight excluding hydrogens is 373 g/mol. The van der Waals surface area contributed by atoms with Crippen LogP contribution in [0.4, 0.5) is 10.1 Å². The van der Waals surface area contributed by atoms with E-state index in [-0.39, 0.29) is 17.6 Å². The number of benzene rings is 2. The van der Waals surface area contributed by atoms with Gasteiger partial charge in [0.25, 0.3) is 0 Å². The van der Waals surface area contributed by atoms with Crippen LogP contribution < -0.4 is 5.32 Å². The average Bonchev–Trinajstić information content (AvgIpc) is 3.32. The minimum atomic E-state index is -1.03. The lowest BCUT2D eigenvalue weighted by molar-refractivity contribution is -0.149. The second-order valence-electron chi connectivity index (χ2n) is 7.78. The fourth-order valence-corrected chi connectivity index (χ4v) is 4.35. The SMILES string of the molecule is C[C@@H]1C(=O)Nc2ccc(C(=O)COC(=O)C3(c4ccccc4F)CCCC3)cc21. The standard InChI is InChI=1S/C23H22FNO4/c1-14-16-12-15(8-9-19(16)25-21(14)27)20(26)13-29-22(28)23(10-4-5-11-23)17-6-2-3-7-18(17)24/h2-3,6-9,12,14H,4-5,10-11,13H2,1H3,(H,25,27)/t14-/m0/s1. The molecule has 5 nitrogen and oxygen atoms in total. The first kappa shape index (κ1) is 19.3. The minimum absolute atomic E-state index is 0.107. The maximum absolute atomic E-state index is 14.4. The molecule has 0 radical (unpaired) electrons. The van der Waals surface area contributed by atoms with Crippen molar-refractivity contribution in [1.82, 2.24) is 0 Å². The van der Waals surface area contributed by atoms with Crippen molar-refractivity contribution in [3.63, 3.8) is 0 Å². The molecule has 1 amide bonds. The van der Waals surface area contributed by atoms with E-state index in [0.29, 0.717) is 29.7 Å². The summed E-state index contributed by atoms with van der Waals surface area (Å²) >= 11 is 0. The molecule has 1 aliphatic heterocycles. The first-order valence-electron chi connectivity index (χ1n) is 9.82. The van der Waals surface area contributed by atoms with Crippen molar-refractivity contribution in [1.29, 1.82) is 0 Å². The Labute approximate surface area is 168 Å². The Morgan fingerprint density at radius 3 is 2.62 bits per heavy atom. The molecule has 0 bridgehead atoms. The fourth-order valence-electron chi connectivity index (χ4n) is 4.35. The first-order valence-corrected chi connectivity index (χ1v) is 9.82. The van der Waals surface area contributed by atoms with E-state index in [9.17, 15) is 18.8 Å². The predicted octanol–water partition coefficient (Wildman–Crippen LogP) is 4.12. The minimum Gasteiger partial charge on any atom is -0.457 e. The van der Waals surface area contributed by atoms with E-state index in [1.165, 1.54) is 6.07 Å². The van der Waals surface area contributed by atoms with Crippen molar-refractivity contribution in [2.24, 2.45) is 0 Å². The number of nitrogens with one attached hydrogen (secondary N) is 1. The molecule has 2 aliphatic rings. The maximum Gasteiger partial charge on any atom is 0.317 e. The van der Waals surface area contributed by atoms with Crippen LogP contribution >= 0.6 is 0 Å². The molecule has 1 atom stereocenters. The molecule has 0 saturated heterocycles. The highest BCUT2D eigenvalue weighted by Gasteiger charge is 2.46. The Morgan fingerprint density at radius 2 is 1.90 bits per heavy atom. The number of Topliss-reactive ketones (excluding diaryl/α,β-unsaturated/α-hetero) is 1. The number of hydrogen-bond acceptors (Lipinski definition) is 4. The lowest BCUT2D eigenvalue weighted by atomic mass is 9.78. The number of ether oxygens (including phenoxy) is 1. The van der Waals surface area contributed by atoms with Crippen molar-refractivity contribution in [2.45, 2.75) is 43.9 Å². The summed E-state index contributed by atoms with van der Waals surface area (Å²) in [6.07, 6.45) is 2.62. The van der Waals surface area contributed by atoms with Crippen LogP contribution in [0.1, 0.15) is 60.0 Å². The highest BCUT2D eigenvalue weighted by Crippen LogP contribution is 2.43. The van der Waals surface area contributed by atoms with Gasteiger partial charge < -0.3 is 10.1 Å². The molecule has 1 N–H and O–H groups in total. The predicted molar refractivity (Wildman–Crippen MR) is 105 cm³/mol. The Balaban J connectivity index is 1.50. The molecule has 2 aromatic rings. The molecule has 0 aromatic heterocycles. The molecule has 29 heavy (non-hydrogen) atoms. The van der Waals surface area contributed by atoms with E-state index in [4.69, 9.17) is 4.74 Å². The van der Waals surface area contributed by atoms with Crippen LogP contribution in [0, 0.1) is 5.82 Å². The molecule has 0 spiro atoms. The van der Waals surface area contributed by atoms with E-state index in [2.05, 4.69) is 5.32 Å². The van der Waals surface area contributed by atoms with Crippen LogP contribution in [-0.4, -0.2) is 24.3 Å². The van der Waals surface area contributed by atoms with Crippen LogP contribution in [0.15, 0.2) is 42.5 Å². The summed E-state index contributed by atoms with van der Waals surface area (Å²) in [4.78, 5) is 37.3. The van der Waals surface area contributed by atoms with Gasteiger partial charge in [-0.3, -0.25) is 14.4 Å². The van der Waals surface area contributed by atoms with E-state index in [1.807, 2.05) is 0 Å². The van der Waals surface area contributed by atoms with Crippen LogP contribution in [0.25, 0.3) is 0 Å². The highest BCUT2D eigenvalue weighted by atomic mass is 19.1. The number of carbonyl (C=O) groups is 3. The zero-order chi connectivity index (χ0) is 20.6. The second-order valence-corrected chi connectivity index (χ2v) is 7.78. The topological polar surface area (TPSA) is 72.5 Å². The average molecular weight is 395 g/mol. The van der Waals surface area contributed by atoms with Gasteiger partial charge in [-0.1, -0.05) is 31.0 Å². The lowest BCUT2D eigenvalue weighted by Gasteiger charge is -2.27. The fraction of sp³-hybridized carbons (Fsp3) is 0.348. The summed E-state index contributed by atoms with van der Waals surface area (Å²) in [5.74, 6) is -1.77. The van der Waals surface area contributed by atoms with Gasteiger partial charge in [0, 0.05) is 16.8 Å². The molecule has 1 aliphatic carbocycles. The Hall–Kier alpha value is -3.02. The van der Waals surface area contributed by atoms with Crippen molar-refractivity contribution in [3.8, 4) is 0 Å². The third-order valence-electron chi connectivity index (χ3n) is 6.06. The zero-order valence-corrected chi connectivity index (χ0v) is 16.2. The Morgan fingerprint density at radius 1 is 1.17 bits per heavy atom. The molecule has 1 fully saturated rings. The Kier molecular flexibility index (Phi) is 4.94. The van der Waals surface area contributed by atoms with Gasteiger partial charge in [0.1, 0.15) is 5.82 Å². The molecule has 0 unspecified atom stereocenters. The summed E-state index contributed by atoms with van der Waals surface area (Å²) < 4.78 is 19.8. The number of halogens is 1. The van der Waals surface area contributed by atoms with E-state index >= 15 is 0 Å². The zero-order valence-electron chi connectivity index (χ0n) is 16.2. The molecule has 4 rings (SSSR count). The molecule has 150 valence electrons. The summed E-state index contributed by atoms with van der Waals surface area (Å²) in [6.45, 7) is 1.36. The first-order chi connectivity index (χ1) is 13.9. The molecular formula is C23H22FNO4. The van der Waals surface area contributed by atoms with Gasteiger partial charge in [-0.05, 0) is 49.6 Å². The number of esters is 1. The number of amides is 1. The van der Waals surface area contributed by atoms with Crippen LogP contribution in [0.3, 0.4) is 0 Å². The van der Waals surface area contributed by atoms with Gasteiger partial charge in [0.2, 0.25) is 5.91 Å². The van der Waals surface area contributed by atoms with Crippen molar-refractivity contribution in [3.05, 3.63) is 65.0 Å². The highest BCUT2D eigenvalue weighted by molar-refractivity contribution is 6.05. The normalized spacial score (nSPS) is 19.5.